The second-order valence-corrected chi connectivity index (χ2v) is 11.8. The zero-order valence-corrected chi connectivity index (χ0v) is 22.8. The summed E-state index contributed by atoms with van der Waals surface area (Å²) in [5.74, 6) is -1.10. The molecule has 204 valence electrons. The molecule has 0 aliphatic rings. The van der Waals surface area contributed by atoms with E-state index in [0.29, 0.717) is 16.5 Å². The van der Waals surface area contributed by atoms with Gasteiger partial charge in [-0.05, 0) is 68.8 Å². The number of benzene rings is 3. The molecule has 0 radical (unpaired) electrons. The normalized spacial score (nSPS) is 11.8. The van der Waals surface area contributed by atoms with Crippen LogP contribution in [0.1, 0.15) is 20.8 Å². The summed E-state index contributed by atoms with van der Waals surface area (Å²) >= 11 is 0. The van der Waals surface area contributed by atoms with Gasteiger partial charge in [0, 0.05) is 24.2 Å². The number of amides is 2. The lowest BCUT2D eigenvalue weighted by Crippen LogP contribution is -2.38. The molecule has 0 bridgehead atoms. The van der Waals surface area contributed by atoms with Gasteiger partial charge in [-0.1, -0.05) is 24.3 Å². The van der Waals surface area contributed by atoms with Gasteiger partial charge in [-0.3, -0.25) is 4.79 Å². The molecule has 1 aromatic heterocycles. The Labute approximate surface area is 226 Å². The largest absolute Gasteiger partial charge is 0.444 e. The molecule has 3 aromatic carbocycles. The Morgan fingerprint density at radius 1 is 1.05 bits per heavy atom. The van der Waals surface area contributed by atoms with Crippen LogP contribution in [0.5, 0.6) is 0 Å². The van der Waals surface area contributed by atoms with Crippen LogP contribution in [-0.2, 0) is 19.6 Å². The third-order valence-electron chi connectivity index (χ3n) is 5.76. The Kier molecular flexibility index (Phi) is 7.38. The van der Waals surface area contributed by atoms with Crippen LogP contribution in [0.4, 0.5) is 20.6 Å². The quantitative estimate of drug-likeness (QED) is 0.322. The number of nitrogens with one attached hydrogen (secondary N) is 1. The minimum atomic E-state index is -4.04. The highest BCUT2D eigenvalue weighted by Crippen LogP contribution is 2.36. The fourth-order valence-electron chi connectivity index (χ4n) is 3.95. The maximum Gasteiger partial charge on any atom is 0.410 e. The number of aromatic nitrogens is 1. The van der Waals surface area contributed by atoms with Crippen LogP contribution < -0.4 is 11.1 Å². The summed E-state index contributed by atoms with van der Waals surface area (Å²) in [6.07, 6.45) is 0.763. The Morgan fingerprint density at radius 2 is 1.74 bits per heavy atom. The van der Waals surface area contributed by atoms with E-state index in [1.807, 2.05) is 0 Å². The van der Waals surface area contributed by atoms with Crippen LogP contribution in [0.15, 0.2) is 77.8 Å². The van der Waals surface area contributed by atoms with Crippen LogP contribution in [0.2, 0.25) is 0 Å². The molecular weight excluding hydrogens is 523 g/mol. The van der Waals surface area contributed by atoms with Crippen LogP contribution >= 0.6 is 0 Å². The molecule has 9 nitrogen and oxygen atoms in total. The van der Waals surface area contributed by atoms with Gasteiger partial charge in [0.15, 0.2) is 0 Å². The standard InChI is InChI=1S/C28H29FN4O5S/c1-28(2,3)38-27(35)32(4)17-26(34)31-24-14-18(10-13-23(24)30)22-16-33(25-15-19(29)11-12-21(22)25)39(36,37)20-8-6-5-7-9-20/h5-16H,17,30H2,1-4H3,(H,31,34). The number of hydrogen-bond acceptors (Lipinski definition) is 6. The van der Waals surface area contributed by atoms with Crippen molar-refractivity contribution in [1.29, 1.82) is 0 Å². The highest BCUT2D eigenvalue weighted by atomic mass is 32.2. The highest BCUT2D eigenvalue weighted by molar-refractivity contribution is 7.90. The van der Waals surface area contributed by atoms with E-state index in [9.17, 15) is 22.4 Å². The zero-order valence-electron chi connectivity index (χ0n) is 21.9. The Balaban J connectivity index is 1.69. The van der Waals surface area contributed by atoms with Crippen molar-refractivity contribution >= 4 is 44.3 Å². The molecule has 1 heterocycles. The molecule has 0 aliphatic heterocycles. The summed E-state index contributed by atoms with van der Waals surface area (Å²) in [5, 5.41) is 3.18. The molecule has 11 heteroatoms. The van der Waals surface area contributed by atoms with E-state index in [4.69, 9.17) is 10.5 Å². The van der Waals surface area contributed by atoms with E-state index in [0.717, 1.165) is 14.9 Å². The second kappa shape index (κ2) is 10.4. The second-order valence-electron chi connectivity index (χ2n) is 10.0. The Morgan fingerprint density at radius 3 is 2.41 bits per heavy atom. The third-order valence-corrected chi connectivity index (χ3v) is 7.45. The van der Waals surface area contributed by atoms with E-state index in [2.05, 4.69) is 5.32 Å². The first-order valence-electron chi connectivity index (χ1n) is 12.0. The predicted molar refractivity (Wildman–Crippen MR) is 148 cm³/mol. The van der Waals surface area contributed by atoms with Crippen LogP contribution in [0, 0.1) is 5.82 Å². The Bertz CT molecular complexity index is 1660. The van der Waals surface area contributed by atoms with Crippen molar-refractivity contribution in [2.24, 2.45) is 0 Å². The van der Waals surface area contributed by atoms with Crippen molar-refractivity contribution in [3.63, 3.8) is 0 Å². The van der Waals surface area contributed by atoms with Gasteiger partial charge in [0.1, 0.15) is 18.0 Å². The van der Waals surface area contributed by atoms with E-state index < -0.39 is 33.4 Å². The SMILES string of the molecule is CN(CC(=O)Nc1cc(-c2cn(S(=O)(=O)c3ccccc3)c3cc(F)ccc23)ccc1N)C(=O)OC(C)(C)C. The highest BCUT2D eigenvalue weighted by Gasteiger charge is 2.24. The maximum atomic E-state index is 14.2. The predicted octanol–water partition coefficient (Wildman–Crippen LogP) is 5.07. The molecule has 0 saturated carbocycles. The third kappa shape index (κ3) is 6.04. The van der Waals surface area contributed by atoms with Gasteiger partial charge in [0.25, 0.3) is 10.0 Å². The van der Waals surface area contributed by atoms with Gasteiger partial charge < -0.3 is 20.7 Å². The summed E-state index contributed by atoms with van der Waals surface area (Å²) < 4.78 is 47.4. The Hall–Kier alpha value is -4.38. The fourth-order valence-corrected chi connectivity index (χ4v) is 5.33. The minimum Gasteiger partial charge on any atom is -0.444 e. The molecule has 4 aromatic rings. The lowest BCUT2D eigenvalue weighted by Gasteiger charge is -2.24. The maximum absolute atomic E-state index is 14.2. The number of nitrogen functional groups attached to an aromatic ring is 1. The number of carbonyl (C=O) groups excluding carboxylic acids is 2. The van der Waals surface area contributed by atoms with Crippen molar-refractivity contribution in [3.8, 4) is 11.1 Å². The number of likely N-dealkylation sites (N-methyl/N-ethyl adjacent to an activating group) is 1. The van der Waals surface area contributed by atoms with Crippen LogP contribution in [0.25, 0.3) is 22.0 Å². The molecule has 0 atom stereocenters. The molecule has 3 N–H and O–H groups in total. The lowest BCUT2D eigenvalue weighted by molar-refractivity contribution is -0.117. The first-order valence-corrected chi connectivity index (χ1v) is 13.5. The fraction of sp³-hybridized carbons (Fsp3) is 0.214. The summed E-state index contributed by atoms with van der Waals surface area (Å²) in [4.78, 5) is 26.1. The molecule has 0 saturated heterocycles. The number of hydrogen-bond donors (Lipinski definition) is 2. The number of carbonyl (C=O) groups is 2. The first-order chi connectivity index (χ1) is 18.3. The van der Waals surface area contributed by atoms with Gasteiger partial charge in [-0.2, -0.15) is 0 Å². The summed E-state index contributed by atoms with van der Waals surface area (Å²) in [6, 6.07) is 16.6. The van der Waals surface area contributed by atoms with E-state index in [1.54, 1.807) is 57.2 Å². The number of halogens is 1. The van der Waals surface area contributed by atoms with Crippen molar-refractivity contribution < 1.29 is 27.1 Å². The summed E-state index contributed by atoms with van der Waals surface area (Å²) in [5.41, 5.74) is 7.11. The molecule has 0 fully saturated rings. The van der Waals surface area contributed by atoms with Crippen molar-refractivity contribution in [3.05, 3.63) is 78.7 Å². The van der Waals surface area contributed by atoms with Crippen molar-refractivity contribution in [1.82, 2.24) is 8.87 Å². The van der Waals surface area contributed by atoms with Crippen LogP contribution in [0.3, 0.4) is 0 Å². The monoisotopic (exact) mass is 552 g/mol. The van der Waals surface area contributed by atoms with Gasteiger partial charge in [0.05, 0.1) is 21.8 Å². The van der Waals surface area contributed by atoms with Crippen LogP contribution in [-0.4, -0.2) is 48.5 Å². The number of nitrogens with two attached hydrogens (primary N) is 1. The topological polar surface area (TPSA) is 124 Å². The smallest absolute Gasteiger partial charge is 0.410 e. The number of anilines is 2. The number of ether oxygens (including phenoxy) is 1. The van der Waals surface area contributed by atoms with Gasteiger partial charge in [-0.25, -0.2) is 21.6 Å². The van der Waals surface area contributed by atoms with Gasteiger partial charge >= 0.3 is 6.09 Å². The molecule has 0 unspecified atom stereocenters. The lowest BCUT2D eigenvalue weighted by atomic mass is 10.0. The van der Waals surface area contributed by atoms with Gasteiger partial charge in [-0.15, -0.1) is 0 Å². The molecule has 0 spiro atoms. The van der Waals surface area contributed by atoms with Crippen molar-refractivity contribution in [2.75, 3.05) is 24.6 Å². The van der Waals surface area contributed by atoms with Gasteiger partial charge in [0.2, 0.25) is 5.91 Å². The number of rotatable bonds is 6. The number of nitrogens with zero attached hydrogens (tertiary/aromatic N) is 2. The summed E-state index contributed by atoms with van der Waals surface area (Å²) in [7, 11) is -2.60. The molecule has 0 aliphatic carbocycles. The van der Waals surface area contributed by atoms with E-state index in [1.165, 1.54) is 37.5 Å². The zero-order chi connectivity index (χ0) is 28.5. The average molecular weight is 553 g/mol. The number of fused-ring (bicyclic) bond motifs is 1. The van der Waals surface area contributed by atoms with E-state index in [-0.39, 0.29) is 28.3 Å². The minimum absolute atomic E-state index is 0.0528. The van der Waals surface area contributed by atoms with Crippen molar-refractivity contribution in [2.45, 2.75) is 31.3 Å². The molecule has 4 rings (SSSR count). The molecular formula is C28H29FN4O5S. The summed E-state index contributed by atoms with van der Waals surface area (Å²) in [6.45, 7) is 4.89. The average Bonchev–Trinajstić information content (AvgIpc) is 3.24. The van der Waals surface area contributed by atoms with E-state index >= 15 is 0 Å². The molecule has 39 heavy (non-hydrogen) atoms. The first kappa shape index (κ1) is 27.6. The molecule has 2 amide bonds.